The van der Waals surface area contributed by atoms with Crippen molar-refractivity contribution in [2.75, 3.05) is 0 Å². The van der Waals surface area contributed by atoms with E-state index in [0.717, 1.165) is 27.7 Å². The maximum Gasteiger partial charge on any atom is 0.337 e. The molecule has 1 atom stereocenters. The fraction of sp³-hybridized carbons (Fsp3) is 0.250. The van der Waals surface area contributed by atoms with E-state index in [4.69, 9.17) is 14.8 Å². The largest absolute Gasteiger partial charge is 0.479 e. The molecule has 0 saturated heterocycles. The number of carboxylic acids is 1. The van der Waals surface area contributed by atoms with Gasteiger partial charge in [0.25, 0.3) is 0 Å². The molecular formula is C28H28N4O3. The lowest BCUT2D eigenvalue weighted by molar-refractivity contribution is -0.160. The smallest absolute Gasteiger partial charge is 0.337 e. The van der Waals surface area contributed by atoms with Crippen LogP contribution in [0.4, 0.5) is 0 Å². The van der Waals surface area contributed by atoms with Gasteiger partial charge in [0.2, 0.25) is 0 Å². The number of carboxylic acid groups (broad SMARTS) is 1. The van der Waals surface area contributed by atoms with Gasteiger partial charge in [-0.05, 0) is 45.9 Å². The third kappa shape index (κ3) is 4.19. The van der Waals surface area contributed by atoms with Crippen LogP contribution in [0.2, 0.25) is 0 Å². The van der Waals surface area contributed by atoms with Gasteiger partial charge in [-0.25, -0.2) is 14.3 Å². The van der Waals surface area contributed by atoms with Crippen LogP contribution >= 0.6 is 0 Å². The van der Waals surface area contributed by atoms with E-state index in [1.54, 1.807) is 4.52 Å². The Hall–Kier alpha value is -3.97. The number of benzene rings is 2. The number of nitrogens with zero attached hydrogens (tertiary/aromatic N) is 4. The second-order valence-corrected chi connectivity index (χ2v) is 9.77. The fourth-order valence-corrected chi connectivity index (χ4v) is 4.49. The van der Waals surface area contributed by atoms with Crippen LogP contribution in [0.3, 0.4) is 0 Å². The molecule has 0 amide bonds. The Morgan fingerprint density at radius 3 is 2.46 bits per heavy atom. The van der Waals surface area contributed by atoms with Gasteiger partial charge in [0.15, 0.2) is 11.8 Å². The number of fused-ring (bicyclic) bond motifs is 2. The zero-order chi connectivity index (χ0) is 24.9. The maximum atomic E-state index is 12.5. The zero-order valence-corrected chi connectivity index (χ0v) is 20.5. The summed E-state index contributed by atoms with van der Waals surface area (Å²) in [7, 11) is 2.00. The molecule has 3 aromatic heterocycles. The molecule has 1 unspecified atom stereocenters. The Morgan fingerprint density at radius 1 is 1.03 bits per heavy atom. The van der Waals surface area contributed by atoms with Crippen molar-refractivity contribution in [2.45, 2.75) is 39.4 Å². The van der Waals surface area contributed by atoms with E-state index in [1.807, 2.05) is 95.5 Å². The van der Waals surface area contributed by atoms with Gasteiger partial charge in [-0.1, -0.05) is 36.4 Å². The Balaban J connectivity index is 1.84. The first-order chi connectivity index (χ1) is 16.6. The van der Waals surface area contributed by atoms with Crippen LogP contribution in [0, 0.1) is 6.92 Å². The molecule has 0 bridgehead atoms. The first-order valence-corrected chi connectivity index (χ1v) is 11.5. The highest BCUT2D eigenvalue weighted by atomic mass is 16.5. The SMILES string of the molecule is Cc1nc2cc(-c3ccccc3)nn2c(-c2ccc3c(ccn3C)c2)c1C(OC(C)(C)C)C(=O)O. The lowest BCUT2D eigenvalue weighted by Gasteiger charge is -2.27. The number of carbonyl (C=O) groups is 1. The summed E-state index contributed by atoms with van der Waals surface area (Å²) in [6.07, 6.45) is 0.796. The molecule has 0 aliphatic carbocycles. The Labute approximate surface area is 203 Å². The van der Waals surface area contributed by atoms with Crippen molar-refractivity contribution in [3.8, 4) is 22.5 Å². The molecule has 0 spiro atoms. The summed E-state index contributed by atoms with van der Waals surface area (Å²) in [5, 5.41) is 16.2. The number of aliphatic carboxylic acids is 1. The van der Waals surface area contributed by atoms with E-state index >= 15 is 0 Å². The number of hydrogen-bond donors (Lipinski definition) is 1. The van der Waals surface area contributed by atoms with Gasteiger partial charge in [-0.15, -0.1) is 0 Å². The van der Waals surface area contributed by atoms with E-state index in [-0.39, 0.29) is 0 Å². The lowest BCUT2D eigenvalue weighted by Crippen LogP contribution is -2.29. The van der Waals surface area contributed by atoms with Crippen molar-refractivity contribution in [2.24, 2.45) is 7.05 Å². The number of aromatic nitrogens is 4. The van der Waals surface area contributed by atoms with E-state index in [1.165, 1.54) is 0 Å². The summed E-state index contributed by atoms with van der Waals surface area (Å²) in [5.74, 6) is -1.07. The van der Waals surface area contributed by atoms with Crippen LogP contribution < -0.4 is 0 Å². The van der Waals surface area contributed by atoms with E-state index < -0.39 is 17.7 Å². The topological polar surface area (TPSA) is 81.7 Å². The number of ether oxygens (including phenoxy) is 1. The van der Waals surface area contributed by atoms with Crippen LogP contribution in [0.25, 0.3) is 39.1 Å². The van der Waals surface area contributed by atoms with Gasteiger partial charge in [-0.3, -0.25) is 0 Å². The summed E-state index contributed by atoms with van der Waals surface area (Å²) in [6.45, 7) is 7.38. The molecule has 7 heteroatoms. The predicted octanol–water partition coefficient (Wildman–Crippen LogP) is 5.80. The quantitative estimate of drug-likeness (QED) is 0.352. The van der Waals surface area contributed by atoms with Crippen molar-refractivity contribution in [1.82, 2.24) is 19.2 Å². The standard InChI is InChI=1S/C28H28N4O3/c1-17-24(26(27(33)34)35-28(2,3)4)25(20-11-12-22-19(15-20)13-14-31(22)5)32-23(29-17)16-21(30-32)18-9-7-6-8-10-18/h6-16,26H,1-5H3,(H,33,34). The van der Waals surface area contributed by atoms with Gasteiger partial charge in [0.1, 0.15) is 0 Å². The summed E-state index contributed by atoms with van der Waals surface area (Å²) in [5.41, 5.74) is 5.39. The molecular weight excluding hydrogens is 440 g/mol. The molecule has 35 heavy (non-hydrogen) atoms. The molecule has 0 fully saturated rings. The monoisotopic (exact) mass is 468 g/mol. The van der Waals surface area contributed by atoms with Gasteiger partial charge in [0.05, 0.1) is 17.0 Å². The van der Waals surface area contributed by atoms with Gasteiger partial charge < -0.3 is 14.4 Å². The highest BCUT2D eigenvalue weighted by molar-refractivity contribution is 5.87. The van der Waals surface area contributed by atoms with Crippen LogP contribution in [0.15, 0.2) is 66.9 Å². The highest BCUT2D eigenvalue weighted by Crippen LogP contribution is 2.37. The third-order valence-corrected chi connectivity index (χ3v) is 6.02. The van der Waals surface area contributed by atoms with Crippen LogP contribution in [-0.4, -0.2) is 35.8 Å². The fourth-order valence-electron chi connectivity index (χ4n) is 4.49. The summed E-state index contributed by atoms with van der Waals surface area (Å²) < 4.78 is 9.88. The van der Waals surface area contributed by atoms with Crippen molar-refractivity contribution in [3.05, 3.63) is 78.1 Å². The molecule has 5 rings (SSSR count). The Morgan fingerprint density at radius 2 is 1.77 bits per heavy atom. The number of rotatable bonds is 5. The van der Waals surface area contributed by atoms with E-state index in [0.29, 0.717) is 22.6 Å². The molecule has 7 nitrogen and oxygen atoms in total. The molecule has 0 saturated carbocycles. The highest BCUT2D eigenvalue weighted by Gasteiger charge is 2.33. The minimum absolute atomic E-state index is 0.498. The molecule has 178 valence electrons. The second kappa shape index (κ2) is 8.36. The molecule has 2 aromatic carbocycles. The van der Waals surface area contributed by atoms with Crippen molar-refractivity contribution >= 4 is 22.5 Å². The predicted molar refractivity (Wildman–Crippen MR) is 136 cm³/mol. The van der Waals surface area contributed by atoms with Crippen LogP contribution in [0.5, 0.6) is 0 Å². The van der Waals surface area contributed by atoms with Gasteiger partial charge >= 0.3 is 5.97 Å². The van der Waals surface area contributed by atoms with Crippen LogP contribution in [-0.2, 0) is 16.6 Å². The van der Waals surface area contributed by atoms with Crippen molar-refractivity contribution in [3.63, 3.8) is 0 Å². The molecule has 1 N–H and O–H groups in total. The van der Waals surface area contributed by atoms with Crippen molar-refractivity contribution < 1.29 is 14.6 Å². The normalized spacial score (nSPS) is 12.9. The van der Waals surface area contributed by atoms with Gasteiger partial charge in [0, 0.05) is 52.6 Å². The minimum atomic E-state index is -1.21. The lowest BCUT2D eigenvalue weighted by atomic mass is 9.98. The van der Waals surface area contributed by atoms with E-state index in [9.17, 15) is 9.90 Å². The number of aryl methyl sites for hydroxylation is 2. The average Bonchev–Trinajstić information content (AvgIpc) is 3.40. The second-order valence-electron chi connectivity index (χ2n) is 9.77. The number of hydrogen-bond acceptors (Lipinski definition) is 4. The van der Waals surface area contributed by atoms with Crippen molar-refractivity contribution in [1.29, 1.82) is 0 Å². The minimum Gasteiger partial charge on any atom is -0.479 e. The average molecular weight is 469 g/mol. The molecule has 0 aliphatic rings. The molecule has 0 radical (unpaired) electrons. The Kier molecular flexibility index (Phi) is 5.44. The summed E-state index contributed by atoms with van der Waals surface area (Å²) >= 11 is 0. The maximum absolute atomic E-state index is 12.5. The summed E-state index contributed by atoms with van der Waals surface area (Å²) in [6, 6.07) is 19.9. The first kappa shape index (κ1) is 22.8. The zero-order valence-electron chi connectivity index (χ0n) is 20.5. The van der Waals surface area contributed by atoms with Crippen LogP contribution in [0.1, 0.15) is 38.1 Å². The third-order valence-electron chi connectivity index (χ3n) is 6.02. The molecule has 5 aromatic rings. The summed E-state index contributed by atoms with van der Waals surface area (Å²) in [4.78, 5) is 17.3. The molecule has 3 heterocycles. The first-order valence-electron chi connectivity index (χ1n) is 11.5. The molecule has 0 aliphatic heterocycles. The van der Waals surface area contributed by atoms with E-state index in [2.05, 4.69) is 10.6 Å². The van der Waals surface area contributed by atoms with Gasteiger partial charge in [-0.2, -0.15) is 5.10 Å². The Bertz CT molecular complexity index is 1560.